The third-order valence-electron chi connectivity index (χ3n) is 2.98. The third-order valence-corrected chi connectivity index (χ3v) is 5.52. The van der Waals surface area contributed by atoms with Crippen molar-refractivity contribution in [2.24, 2.45) is 0 Å². The van der Waals surface area contributed by atoms with E-state index in [0.29, 0.717) is 18.7 Å². The molecule has 0 amide bonds. The predicted molar refractivity (Wildman–Crippen MR) is 93.0 cm³/mol. The topological polar surface area (TPSA) is 71.1 Å². The van der Waals surface area contributed by atoms with Crippen LogP contribution in [0.25, 0.3) is 0 Å². The molecule has 0 atom stereocenters. The standard InChI is InChI=1S/C15H21N3O2S2/c1-3-8-22(19,20)18-13-7-5-6-12(9-13)16-10-14-11-21-15(4-2)17-14/h5-7,9,11,16,18H,3-4,8,10H2,1-2H3. The third kappa shape index (κ3) is 4.99. The monoisotopic (exact) mass is 339 g/mol. The van der Waals surface area contributed by atoms with E-state index in [1.807, 2.05) is 24.4 Å². The summed E-state index contributed by atoms with van der Waals surface area (Å²) in [5.74, 6) is 0.128. The minimum atomic E-state index is -3.26. The van der Waals surface area contributed by atoms with Crippen LogP contribution in [0.4, 0.5) is 11.4 Å². The Bertz CT molecular complexity index is 711. The number of nitrogens with one attached hydrogen (secondary N) is 2. The molecule has 120 valence electrons. The largest absolute Gasteiger partial charge is 0.379 e. The maximum absolute atomic E-state index is 11.8. The summed E-state index contributed by atoms with van der Waals surface area (Å²) in [7, 11) is -3.26. The van der Waals surface area contributed by atoms with E-state index in [9.17, 15) is 8.42 Å². The molecule has 5 nitrogen and oxygen atoms in total. The average molecular weight is 339 g/mol. The van der Waals surface area contributed by atoms with Gasteiger partial charge in [-0.25, -0.2) is 13.4 Å². The summed E-state index contributed by atoms with van der Waals surface area (Å²) in [6, 6.07) is 7.27. The summed E-state index contributed by atoms with van der Waals surface area (Å²) in [4.78, 5) is 4.49. The van der Waals surface area contributed by atoms with E-state index in [1.54, 1.807) is 23.5 Å². The van der Waals surface area contributed by atoms with Gasteiger partial charge in [-0.15, -0.1) is 11.3 Å². The Hall–Kier alpha value is -1.60. The van der Waals surface area contributed by atoms with Gasteiger partial charge < -0.3 is 5.32 Å². The van der Waals surface area contributed by atoms with Gasteiger partial charge in [-0.3, -0.25) is 4.72 Å². The summed E-state index contributed by atoms with van der Waals surface area (Å²) in [5.41, 5.74) is 2.44. The SMILES string of the molecule is CCCS(=O)(=O)Nc1cccc(NCc2csc(CC)n2)c1. The van der Waals surface area contributed by atoms with Crippen molar-refractivity contribution >= 4 is 32.7 Å². The molecular formula is C15H21N3O2S2. The lowest BCUT2D eigenvalue weighted by atomic mass is 10.3. The Morgan fingerprint density at radius 2 is 2.00 bits per heavy atom. The van der Waals surface area contributed by atoms with E-state index in [2.05, 4.69) is 21.9 Å². The van der Waals surface area contributed by atoms with Crippen molar-refractivity contribution < 1.29 is 8.42 Å². The van der Waals surface area contributed by atoms with Gasteiger partial charge in [0, 0.05) is 11.1 Å². The highest BCUT2D eigenvalue weighted by Gasteiger charge is 2.09. The molecule has 0 fully saturated rings. The number of thiazole rings is 1. The summed E-state index contributed by atoms with van der Waals surface area (Å²) in [6.07, 6.45) is 1.54. The zero-order valence-electron chi connectivity index (χ0n) is 12.8. The van der Waals surface area contributed by atoms with E-state index in [1.165, 1.54) is 0 Å². The van der Waals surface area contributed by atoms with E-state index >= 15 is 0 Å². The molecule has 0 spiro atoms. The molecular weight excluding hydrogens is 318 g/mol. The van der Waals surface area contributed by atoms with Crippen LogP contribution in [0.15, 0.2) is 29.6 Å². The number of hydrogen-bond donors (Lipinski definition) is 2. The molecule has 0 bridgehead atoms. The van der Waals surface area contributed by atoms with Gasteiger partial charge in [0.1, 0.15) is 0 Å². The predicted octanol–water partition coefficient (Wildman–Crippen LogP) is 3.47. The van der Waals surface area contributed by atoms with Crippen molar-refractivity contribution in [3.63, 3.8) is 0 Å². The van der Waals surface area contributed by atoms with Gasteiger partial charge in [0.15, 0.2) is 0 Å². The van der Waals surface area contributed by atoms with Crippen LogP contribution in [0.2, 0.25) is 0 Å². The van der Waals surface area contributed by atoms with Crippen LogP contribution < -0.4 is 10.0 Å². The van der Waals surface area contributed by atoms with Crippen LogP contribution >= 0.6 is 11.3 Å². The van der Waals surface area contributed by atoms with Gasteiger partial charge in [-0.1, -0.05) is 19.9 Å². The van der Waals surface area contributed by atoms with Crippen LogP contribution in [0.5, 0.6) is 0 Å². The molecule has 7 heteroatoms. The van der Waals surface area contributed by atoms with Gasteiger partial charge in [-0.05, 0) is 31.0 Å². The van der Waals surface area contributed by atoms with Gasteiger partial charge in [0.25, 0.3) is 0 Å². The molecule has 2 rings (SSSR count). The van der Waals surface area contributed by atoms with E-state index in [-0.39, 0.29) is 5.75 Å². The van der Waals surface area contributed by atoms with Crippen molar-refractivity contribution in [3.8, 4) is 0 Å². The Morgan fingerprint density at radius 3 is 2.68 bits per heavy atom. The Kier molecular flexibility index (Phi) is 5.79. The fraction of sp³-hybridized carbons (Fsp3) is 0.400. The summed E-state index contributed by atoms with van der Waals surface area (Å²) >= 11 is 1.66. The van der Waals surface area contributed by atoms with Gasteiger partial charge >= 0.3 is 0 Å². The zero-order chi connectivity index (χ0) is 16.0. The number of nitrogens with zero attached hydrogens (tertiary/aromatic N) is 1. The number of aryl methyl sites for hydroxylation is 1. The summed E-state index contributed by atoms with van der Waals surface area (Å²) < 4.78 is 26.2. The minimum absolute atomic E-state index is 0.128. The molecule has 0 unspecified atom stereocenters. The Balaban J connectivity index is 1.99. The minimum Gasteiger partial charge on any atom is -0.379 e. The van der Waals surface area contributed by atoms with Crippen LogP contribution in [-0.2, 0) is 23.0 Å². The first-order chi connectivity index (χ1) is 10.5. The second-order valence-electron chi connectivity index (χ2n) is 4.94. The van der Waals surface area contributed by atoms with Crippen molar-refractivity contribution in [3.05, 3.63) is 40.3 Å². The van der Waals surface area contributed by atoms with Crippen molar-refractivity contribution in [1.29, 1.82) is 0 Å². The smallest absolute Gasteiger partial charge is 0.232 e. The van der Waals surface area contributed by atoms with Crippen LogP contribution in [-0.4, -0.2) is 19.2 Å². The van der Waals surface area contributed by atoms with Gasteiger partial charge in [0.05, 0.1) is 28.7 Å². The first-order valence-electron chi connectivity index (χ1n) is 7.30. The van der Waals surface area contributed by atoms with E-state index in [4.69, 9.17) is 0 Å². The van der Waals surface area contributed by atoms with Crippen LogP contribution in [0.3, 0.4) is 0 Å². The quantitative estimate of drug-likeness (QED) is 0.772. The molecule has 0 aliphatic heterocycles. The fourth-order valence-corrected chi connectivity index (χ4v) is 3.85. The van der Waals surface area contributed by atoms with Crippen molar-refractivity contribution in [2.45, 2.75) is 33.2 Å². The summed E-state index contributed by atoms with van der Waals surface area (Å²) in [6.45, 7) is 4.55. The highest BCUT2D eigenvalue weighted by atomic mass is 32.2. The Morgan fingerprint density at radius 1 is 1.23 bits per heavy atom. The number of sulfonamides is 1. The van der Waals surface area contributed by atoms with Gasteiger partial charge in [-0.2, -0.15) is 0 Å². The van der Waals surface area contributed by atoms with Crippen molar-refractivity contribution in [2.75, 3.05) is 15.8 Å². The average Bonchev–Trinajstić information content (AvgIpc) is 2.93. The second kappa shape index (κ2) is 7.60. The molecule has 0 saturated heterocycles. The zero-order valence-corrected chi connectivity index (χ0v) is 14.4. The normalized spacial score (nSPS) is 11.4. The van der Waals surface area contributed by atoms with Crippen LogP contribution in [0, 0.1) is 0 Å². The van der Waals surface area contributed by atoms with E-state index < -0.39 is 10.0 Å². The lowest BCUT2D eigenvalue weighted by molar-refractivity contribution is 0.600. The lowest BCUT2D eigenvalue weighted by Crippen LogP contribution is -2.16. The number of hydrogen-bond acceptors (Lipinski definition) is 5. The Labute approximate surface area is 135 Å². The van der Waals surface area contributed by atoms with E-state index in [0.717, 1.165) is 22.8 Å². The van der Waals surface area contributed by atoms with Crippen molar-refractivity contribution in [1.82, 2.24) is 4.98 Å². The maximum atomic E-state index is 11.8. The molecule has 0 saturated carbocycles. The number of rotatable bonds is 8. The number of benzene rings is 1. The maximum Gasteiger partial charge on any atom is 0.232 e. The molecule has 0 radical (unpaired) electrons. The molecule has 0 aliphatic rings. The highest BCUT2D eigenvalue weighted by Crippen LogP contribution is 2.18. The second-order valence-corrected chi connectivity index (χ2v) is 7.73. The molecule has 1 heterocycles. The fourth-order valence-electron chi connectivity index (χ4n) is 1.98. The molecule has 22 heavy (non-hydrogen) atoms. The lowest BCUT2D eigenvalue weighted by Gasteiger charge is -2.10. The van der Waals surface area contributed by atoms with Gasteiger partial charge in [0.2, 0.25) is 10.0 Å². The number of anilines is 2. The molecule has 2 N–H and O–H groups in total. The molecule has 1 aromatic carbocycles. The first kappa shape index (κ1) is 16.8. The molecule has 1 aromatic heterocycles. The first-order valence-corrected chi connectivity index (χ1v) is 9.83. The highest BCUT2D eigenvalue weighted by molar-refractivity contribution is 7.92. The molecule has 2 aromatic rings. The van der Waals surface area contributed by atoms with Crippen LogP contribution in [0.1, 0.15) is 31.0 Å². The number of aromatic nitrogens is 1. The molecule has 0 aliphatic carbocycles. The summed E-state index contributed by atoms with van der Waals surface area (Å²) in [5, 5.41) is 6.43.